The Hall–Kier alpha value is -1.49. The number of carbonyl (C=O) groups is 1. The number of likely N-dealkylation sites (tertiary alicyclic amines) is 1. The first-order chi connectivity index (χ1) is 8.13. The number of halogens is 2. The number of nitrogens with two attached hydrogens (primary N) is 1. The van der Waals surface area contributed by atoms with Crippen LogP contribution in [-0.4, -0.2) is 29.9 Å². The lowest BCUT2D eigenvalue weighted by Crippen LogP contribution is -2.40. The molecule has 1 aromatic carbocycles. The average Bonchev–Trinajstić information content (AvgIpc) is 2.79. The van der Waals surface area contributed by atoms with Crippen LogP contribution in [-0.2, 0) is 0 Å². The molecule has 5 heteroatoms. The maximum atomic E-state index is 13.5. The molecule has 0 saturated carbocycles. The molecular weight excluding hydrogens is 226 g/mol. The molecule has 3 nitrogen and oxygen atoms in total. The van der Waals surface area contributed by atoms with Gasteiger partial charge in [0, 0.05) is 19.1 Å². The fourth-order valence-electron chi connectivity index (χ4n) is 2.16. The Labute approximate surface area is 98.2 Å². The summed E-state index contributed by atoms with van der Waals surface area (Å²) in [6, 6.07) is 2.83. The molecule has 2 N–H and O–H groups in total. The van der Waals surface area contributed by atoms with Gasteiger partial charge in [-0.05, 0) is 31.0 Å². The molecule has 1 heterocycles. The smallest absolute Gasteiger partial charge is 0.257 e. The van der Waals surface area contributed by atoms with Crippen LogP contribution in [0, 0.1) is 11.6 Å². The second-order valence-corrected chi connectivity index (χ2v) is 4.15. The van der Waals surface area contributed by atoms with Crippen molar-refractivity contribution in [3.8, 4) is 0 Å². The first-order valence-corrected chi connectivity index (χ1v) is 5.59. The van der Waals surface area contributed by atoms with Gasteiger partial charge >= 0.3 is 0 Å². The predicted molar refractivity (Wildman–Crippen MR) is 59.5 cm³/mol. The van der Waals surface area contributed by atoms with Crippen LogP contribution in [0.15, 0.2) is 18.2 Å². The molecule has 1 fully saturated rings. The van der Waals surface area contributed by atoms with Crippen LogP contribution in [0.1, 0.15) is 23.2 Å². The van der Waals surface area contributed by atoms with E-state index in [1.165, 1.54) is 4.90 Å². The highest BCUT2D eigenvalue weighted by Crippen LogP contribution is 2.21. The minimum absolute atomic E-state index is 0.0647. The standard InChI is InChI=1S/C12H14F2N2O/c13-8-3-4-11(14)10(6-8)12(17)16-5-1-2-9(16)7-15/h3-4,6,9H,1-2,5,7,15H2/t9-/m1/s1. The lowest BCUT2D eigenvalue weighted by Gasteiger charge is -2.23. The Morgan fingerprint density at radius 3 is 2.94 bits per heavy atom. The molecule has 0 aromatic heterocycles. The van der Waals surface area contributed by atoms with E-state index in [-0.39, 0.29) is 11.6 Å². The fraction of sp³-hybridized carbons (Fsp3) is 0.417. The lowest BCUT2D eigenvalue weighted by atomic mass is 10.1. The zero-order valence-electron chi connectivity index (χ0n) is 9.33. The summed E-state index contributed by atoms with van der Waals surface area (Å²) in [5.74, 6) is -1.78. The molecule has 1 saturated heterocycles. The van der Waals surface area contributed by atoms with Gasteiger partial charge in [0.25, 0.3) is 5.91 Å². The Bertz CT molecular complexity index is 437. The summed E-state index contributed by atoms with van der Waals surface area (Å²) in [5.41, 5.74) is 5.33. The van der Waals surface area contributed by atoms with E-state index >= 15 is 0 Å². The van der Waals surface area contributed by atoms with Gasteiger partial charge in [0.05, 0.1) is 5.56 Å². The summed E-state index contributed by atoms with van der Waals surface area (Å²) in [7, 11) is 0. The van der Waals surface area contributed by atoms with Gasteiger partial charge < -0.3 is 10.6 Å². The molecule has 0 aliphatic carbocycles. The molecule has 0 spiro atoms. The lowest BCUT2D eigenvalue weighted by molar-refractivity contribution is 0.0736. The molecule has 92 valence electrons. The van der Waals surface area contributed by atoms with E-state index in [0.29, 0.717) is 13.1 Å². The van der Waals surface area contributed by atoms with E-state index in [9.17, 15) is 13.6 Å². The van der Waals surface area contributed by atoms with Crippen molar-refractivity contribution in [2.75, 3.05) is 13.1 Å². The van der Waals surface area contributed by atoms with E-state index in [1.54, 1.807) is 0 Å². The van der Waals surface area contributed by atoms with E-state index in [2.05, 4.69) is 0 Å². The third-order valence-electron chi connectivity index (χ3n) is 3.07. The minimum atomic E-state index is -0.695. The van der Waals surface area contributed by atoms with Crippen molar-refractivity contribution in [3.63, 3.8) is 0 Å². The Morgan fingerprint density at radius 2 is 2.24 bits per heavy atom. The van der Waals surface area contributed by atoms with Crippen molar-refractivity contribution in [2.45, 2.75) is 18.9 Å². The van der Waals surface area contributed by atoms with Crippen LogP contribution < -0.4 is 5.73 Å². The van der Waals surface area contributed by atoms with Gasteiger partial charge in [-0.25, -0.2) is 8.78 Å². The molecule has 0 unspecified atom stereocenters. The van der Waals surface area contributed by atoms with E-state index < -0.39 is 17.5 Å². The summed E-state index contributed by atoms with van der Waals surface area (Å²) in [6.07, 6.45) is 1.67. The van der Waals surface area contributed by atoms with Crippen molar-refractivity contribution < 1.29 is 13.6 Å². The number of rotatable bonds is 2. The van der Waals surface area contributed by atoms with Gasteiger partial charge in [-0.2, -0.15) is 0 Å². The highest BCUT2D eigenvalue weighted by atomic mass is 19.1. The third-order valence-corrected chi connectivity index (χ3v) is 3.07. The third kappa shape index (κ3) is 2.29. The summed E-state index contributed by atoms with van der Waals surface area (Å²) < 4.78 is 26.5. The van der Waals surface area contributed by atoms with Crippen molar-refractivity contribution in [1.82, 2.24) is 4.90 Å². The largest absolute Gasteiger partial charge is 0.334 e. The summed E-state index contributed by atoms with van der Waals surface area (Å²) >= 11 is 0. The molecule has 1 aliphatic rings. The number of hydrogen-bond donors (Lipinski definition) is 1. The number of hydrogen-bond acceptors (Lipinski definition) is 2. The first-order valence-electron chi connectivity index (χ1n) is 5.59. The van der Waals surface area contributed by atoms with Gasteiger partial charge in [0.1, 0.15) is 11.6 Å². The van der Waals surface area contributed by atoms with Crippen LogP contribution in [0.25, 0.3) is 0 Å². The predicted octanol–water partition coefficient (Wildman–Crippen LogP) is 1.53. The quantitative estimate of drug-likeness (QED) is 0.852. The highest BCUT2D eigenvalue weighted by Gasteiger charge is 2.29. The monoisotopic (exact) mass is 240 g/mol. The molecule has 1 aliphatic heterocycles. The molecule has 1 atom stereocenters. The Kier molecular flexibility index (Phi) is 3.38. The van der Waals surface area contributed by atoms with Gasteiger partial charge in [-0.1, -0.05) is 0 Å². The van der Waals surface area contributed by atoms with Gasteiger partial charge in [0.2, 0.25) is 0 Å². The molecular formula is C12H14F2N2O. The van der Waals surface area contributed by atoms with Crippen molar-refractivity contribution in [2.24, 2.45) is 5.73 Å². The number of amides is 1. The summed E-state index contributed by atoms with van der Waals surface area (Å²) in [4.78, 5) is 13.6. The normalized spacial score (nSPS) is 19.7. The Balaban J connectivity index is 2.27. The van der Waals surface area contributed by atoms with Crippen LogP contribution in [0.3, 0.4) is 0 Å². The van der Waals surface area contributed by atoms with Crippen LogP contribution in [0.4, 0.5) is 8.78 Å². The molecule has 1 aromatic rings. The van der Waals surface area contributed by atoms with Crippen molar-refractivity contribution >= 4 is 5.91 Å². The Morgan fingerprint density at radius 1 is 1.47 bits per heavy atom. The maximum absolute atomic E-state index is 13.5. The summed E-state index contributed by atoms with van der Waals surface area (Å²) in [5, 5.41) is 0. The highest BCUT2D eigenvalue weighted by molar-refractivity contribution is 5.94. The maximum Gasteiger partial charge on any atom is 0.257 e. The molecule has 2 rings (SSSR count). The van der Waals surface area contributed by atoms with Crippen molar-refractivity contribution in [1.29, 1.82) is 0 Å². The number of nitrogens with zero attached hydrogens (tertiary/aromatic N) is 1. The van der Waals surface area contributed by atoms with E-state index in [4.69, 9.17) is 5.73 Å². The zero-order valence-corrected chi connectivity index (χ0v) is 9.33. The minimum Gasteiger partial charge on any atom is -0.334 e. The average molecular weight is 240 g/mol. The van der Waals surface area contributed by atoms with Crippen molar-refractivity contribution in [3.05, 3.63) is 35.4 Å². The second kappa shape index (κ2) is 4.79. The molecule has 0 bridgehead atoms. The van der Waals surface area contributed by atoms with Gasteiger partial charge in [0.15, 0.2) is 0 Å². The molecule has 17 heavy (non-hydrogen) atoms. The second-order valence-electron chi connectivity index (χ2n) is 4.15. The van der Waals surface area contributed by atoms with E-state index in [0.717, 1.165) is 31.0 Å². The number of benzene rings is 1. The SMILES string of the molecule is NC[C@H]1CCCN1C(=O)c1cc(F)ccc1F. The molecule has 1 amide bonds. The van der Waals surface area contributed by atoms with Gasteiger partial charge in [-0.3, -0.25) is 4.79 Å². The van der Waals surface area contributed by atoms with E-state index in [1.807, 2.05) is 0 Å². The van der Waals surface area contributed by atoms with Crippen LogP contribution in [0.5, 0.6) is 0 Å². The fourth-order valence-corrected chi connectivity index (χ4v) is 2.16. The van der Waals surface area contributed by atoms with Gasteiger partial charge in [-0.15, -0.1) is 0 Å². The topological polar surface area (TPSA) is 46.3 Å². The molecule has 0 radical (unpaired) electrons. The zero-order chi connectivity index (χ0) is 12.4. The summed E-state index contributed by atoms with van der Waals surface area (Å²) in [6.45, 7) is 0.902. The number of carbonyl (C=O) groups excluding carboxylic acids is 1. The van der Waals surface area contributed by atoms with Crippen LogP contribution in [0.2, 0.25) is 0 Å². The van der Waals surface area contributed by atoms with Crippen LogP contribution >= 0.6 is 0 Å². The first kappa shape index (κ1) is 12.0.